The first-order valence-electron chi connectivity index (χ1n) is 7.25. The Balaban J connectivity index is 2.11. The number of anilines is 2. The van der Waals surface area contributed by atoms with Crippen LogP contribution in [0, 0.1) is 18.2 Å². The van der Waals surface area contributed by atoms with Crippen molar-refractivity contribution in [3.8, 4) is 0 Å². The van der Waals surface area contributed by atoms with E-state index in [4.69, 9.17) is 0 Å². The molecule has 0 atom stereocenters. The molecule has 0 unspecified atom stereocenters. The fourth-order valence-electron chi connectivity index (χ4n) is 1.95. The number of rotatable bonds is 4. The molecule has 0 bridgehead atoms. The molecule has 0 radical (unpaired) electrons. The van der Waals surface area contributed by atoms with Crippen LogP contribution in [0.2, 0.25) is 0 Å². The van der Waals surface area contributed by atoms with Gasteiger partial charge in [-0.15, -0.1) is 0 Å². The molecule has 0 spiro atoms. The summed E-state index contributed by atoms with van der Waals surface area (Å²) in [5.74, 6) is -1.39. The molecule has 0 saturated heterocycles. The molecule has 0 saturated carbocycles. The second-order valence-corrected chi connectivity index (χ2v) is 5.86. The van der Waals surface area contributed by atoms with Gasteiger partial charge < -0.3 is 10.6 Å². The predicted octanol–water partition coefficient (Wildman–Crippen LogP) is 3.74. The highest BCUT2D eigenvalue weighted by Gasteiger charge is 2.36. The monoisotopic (exact) mass is 314 g/mol. The van der Waals surface area contributed by atoms with Crippen molar-refractivity contribution in [1.82, 2.24) is 0 Å². The molecule has 2 aromatic carbocycles. The topological polar surface area (TPSA) is 58.2 Å². The molecule has 0 fully saturated rings. The summed E-state index contributed by atoms with van der Waals surface area (Å²) in [6.45, 7) is 4.92. The number of halogens is 1. The molecular weight excluding hydrogens is 295 g/mol. The van der Waals surface area contributed by atoms with Crippen LogP contribution in [0.15, 0.2) is 48.5 Å². The van der Waals surface area contributed by atoms with Gasteiger partial charge in [-0.2, -0.15) is 0 Å². The zero-order valence-electron chi connectivity index (χ0n) is 13.3. The highest BCUT2D eigenvalue weighted by molar-refractivity contribution is 6.14. The van der Waals surface area contributed by atoms with E-state index in [9.17, 15) is 14.0 Å². The number of carbonyl (C=O) groups is 2. The van der Waals surface area contributed by atoms with Gasteiger partial charge in [0.1, 0.15) is 11.2 Å². The van der Waals surface area contributed by atoms with E-state index in [0.29, 0.717) is 11.4 Å². The van der Waals surface area contributed by atoms with Crippen molar-refractivity contribution in [2.75, 3.05) is 10.6 Å². The van der Waals surface area contributed by atoms with Gasteiger partial charge in [-0.25, -0.2) is 4.39 Å². The summed E-state index contributed by atoms with van der Waals surface area (Å²) in [6, 6.07) is 12.9. The lowest BCUT2D eigenvalue weighted by molar-refractivity contribution is -0.135. The third-order valence-electron chi connectivity index (χ3n) is 3.61. The van der Waals surface area contributed by atoms with Crippen LogP contribution in [0.3, 0.4) is 0 Å². The fourth-order valence-corrected chi connectivity index (χ4v) is 1.95. The minimum Gasteiger partial charge on any atom is -0.325 e. The molecule has 120 valence electrons. The zero-order valence-corrected chi connectivity index (χ0v) is 13.3. The molecule has 2 aromatic rings. The number of amides is 2. The van der Waals surface area contributed by atoms with Gasteiger partial charge in [0, 0.05) is 11.4 Å². The molecule has 2 amide bonds. The van der Waals surface area contributed by atoms with Crippen LogP contribution in [-0.2, 0) is 9.59 Å². The molecule has 0 aliphatic heterocycles. The lowest BCUT2D eigenvalue weighted by Gasteiger charge is -2.23. The van der Waals surface area contributed by atoms with E-state index in [1.54, 1.807) is 12.1 Å². The Morgan fingerprint density at radius 1 is 0.957 bits per heavy atom. The summed E-state index contributed by atoms with van der Waals surface area (Å²) >= 11 is 0. The molecule has 2 N–H and O–H groups in total. The maximum Gasteiger partial charge on any atom is 0.239 e. The number of carbonyl (C=O) groups excluding carboxylic acids is 2. The van der Waals surface area contributed by atoms with Gasteiger partial charge >= 0.3 is 0 Å². The molecule has 5 heteroatoms. The third-order valence-corrected chi connectivity index (χ3v) is 3.61. The van der Waals surface area contributed by atoms with Crippen molar-refractivity contribution in [3.05, 3.63) is 59.9 Å². The van der Waals surface area contributed by atoms with E-state index in [1.807, 2.05) is 25.1 Å². The summed E-state index contributed by atoms with van der Waals surface area (Å²) in [6.07, 6.45) is 0. The minimum absolute atomic E-state index is 0.312. The number of aryl methyl sites for hydroxylation is 1. The second kappa shape index (κ2) is 6.60. The van der Waals surface area contributed by atoms with E-state index in [1.165, 1.54) is 32.0 Å². The van der Waals surface area contributed by atoms with Crippen molar-refractivity contribution in [2.45, 2.75) is 20.8 Å². The van der Waals surface area contributed by atoms with Crippen molar-refractivity contribution in [1.29, 1.82) is 0 Å². The van der Waals surface area contributed by atoms with Gasteiger partial charge in [0.2, 0.25) is 11.8 Å². The van der Waals surface area contributed by atoms with Crippen LogP contribution in [-0.4, -0.2) is 11.8 Å². The Morgan fingerprint density at radius 2 is 1.61 bits per heavy atom. The van der Waals surface area contributed by atoms with E-state index in [-0.39, 0.29) is 0 Å². The Morgan fingerprint density at radius 3 is 2.26 bits per heavy atom. The normalized spacial score (nSPS) is 11.0. The highest BCUT2D eigenvalue weighted by Crippen LogP contribution is 2.23. The lowest BCUT2D eigenvalue weighted by Crippen LogP contribution is -2.41. The molecule has 2 rings (SSSR count). The molecule has 0 aliphatic carbocycles. The fraction of sp³-hybridized carbons (Fsp3) is 0.222. The van der Waals surface area contributed by atoms with Crippen LogP contribution in [0.25, 0.3) is 0 Å². The second-order valence-electron chi connectivity index (χ2n) is 5.86. The number of hydrogen-bond donors (Lipinski definition) is 2. The largest absolute Gasteiger partial charge is 0.325 e. The summed E-state index contributed by atoms with van der Waals surface area (Å²) < 4.78 is 13.2. The predicted molar refractivity (Wildman–Crippen MR) is 88.6 cm³/mol. The first kappa shape index (κ1) is 16.7. The Hall–Kier alpha value is -2.69. The Kier molecular flexibility index (Phi) is 4.79. The highest BCUT2D eigenvalue weighted by atomic mass is 19.1. The van der Waals surface area contributed by atoms with Gasteiger partial charge in [-0.3, -0.25) is 9.59 Å². The molecule has 23 heavy (non-hydrogen) atoms. The van der Waals surface area contributed by atoms with Crippen molar-refractivity contribution >= 4 is 23.2 Å². The van der Waals surface area contributed by atoms with E-state index in [0.717, 1.165) is 5.56 Å². The quantitative estimate of drug-likeness (QED) is 0.845. The van der Waals surface area contributed by atoms with Crippen LogP contribution in [0.5, 0.6) is 0 Å². The summed E-state index contributed by atoms with van der Waals surface area (Å²) in [4.78, 5) is 24.8. The maximum atomic E-state index is 13.2. The first-order chi connectivity index (χ1) is 10.8. The Bertz CT molecular complexity index is 741. The van der Waals surface area contributed by atoms with Crippen molar-refractivity contribution < 1.29 is 14.0 Å². The molecule has 0 aliphatic rings. The molecule has 0 aromatic heterocycles. The Labute approximate surface area is 134 Å². The van der Waals surface area contributed by atoms with Gasteiger partial charge in [0.05, 0.1) is 0 Å². The SMILES string of the molecule is Cc1ccccc1NC(=O)C(C)(C)C(=O)Nc1cccc(F)c1. The average molecular weight is 314 g/mol. The standard InChI is InChI=1S/C18H19FN2O2/c1-12-7-4-5-10-15(12)21-17(23)18(2,3)16(22)20-14-9-6-8-13(19)11-14/h4-11H,1-3H3,(H,20,22)(H,21,23). The van der Waals surface area contributed by atoms with E-state index in [2.05, 4.69) is 10.6 Å². The van der Waals surface area contributed by atoms with Gasteiger partial charge in [0.25, 0.3) is 0 Å². The minimum atomic E-state index is -1.31. The molecular formula is C18H19FN2O2. The summed E-state index contributed by atoms with van der Waals surface area (Å²) in [7, 11) is 0. The third kappa shape index (κ3) is 3.94. The molecule has 0 heterocycles. The van der Waals surface area contributed by atoms with E-state index >= 15 is 0 Å². The summed E-state index contributed by atoms with van der Waals surface area (Å²) in [5.41, 5.74) is 0.562. The van der Waals surface area contributed by atoms with Gasteiger partial charge in [-0.1, -0.05) is 24.3 Å². The summed E-state index contributed by atoms with van der Waals surface area (Å²) in [5, 5.41) is 5.32. The smallest absolute Gasteiger partial charge is 0.239 e. The zero-order chi connectivity index (χ0) is 17.0. The van der Waals surface area contributed by atoms with Gasteiger partial charge in [-0.05, 0) is 50.6 Å². The average Bonchev–Trinajstić information content (AvgIpc) is 2.49. The van der Waals surface area contributed by atoms with Crippen LogP contribution >= 0.6 is 0 Å². The number of benzene rings is 2. The van der Waals surface area contributed by atoms with Gasteiger partial charge in [0.15, 0.2) is 0 Å². The van der Waals surface area contributed by atoms with Crippen LogP contribution < -0.4 is 10.6 Å². The van der Waals surface area contributed by atoms with Crippen LogP contribution in [0.4, 0.5) is 15.8 Å². The number of nitrogens with one attached hydrogen (secondary N) is 2. The molecule has 4 nitrogen and oxygen atoms in total. The van der Waals surface area contributed by atoms with Crippen LogP contribution in [0.1, 0.15) is 19.4 Å². The van der Waals surface area contributed by atoms with Crippen molar-refractivity contribution in [2.24, 2.45) is 5.41 Å². The number of para-hydroxylation sites is 1. The number of hydrogen-bond acceptors (Lipinski definition) is 2. The lowest BCUT2D eigenvalue weighted by atomic mass is 9.90. The maximum absolute atomic E-state index is 13.2. The van der Waals surface area contributed by atoms with E-state index < -0.39 is 23.0 Å². The van der Waals surface area contributed by atoms with Crippen molar-refractivity contribution in [3.63, 3.8) is 0 Å². The first-order valence-corrected chi connectivity index (χ1v) is 7.25.